The highest BCUT2D eigenvalue weighted by Gasteiger charge is 2.17. The van der Waals surface area contributed by atoms with Crippen LogP contribution in [0.2, 0.25) is 0 Å². The lowest BCUT2D eigenvalue weighted by molar-refractivity contribution is 0.403. The molecule has 1 aliphatic heterocycles. The lowest BCUT2D eigenvalue weighted by atomic mass is 10.0. The summed E-state index contributed by atoms with van der Waals surface area (Å²) in [6, 6.07) is 10.4. The molecule has 2 heterocycles. The van der Waals surface area contributed by atoms with Gasteiger partial charge in [-0.05, 0) is 25.5 Å². The molecule has 112 valence electrons. The van der Waals surface area contributed by atoms with Crippen molar-refractivity contribution in [1.82, 2.24) is 9.88 Å². The largest absolute Gasteiger partial charge is 0.372 e. The van der Waals surface area contributed by atoms with E-state index < -0.39 is 0 Å². The number of nitrogens with zero attached hydrogens (tertiary/aromatic N) is 2. The highest BCUT2D eigenvalue weighted by atomic mass is 16.1. The molecule has 3 rings (SSSR count). The van der Waals surface area contributed by atoms with Crippen LogP contribution >= 0.6 is 0 Å². The van der Waals surface area contributed by atoms with Crippen LogP contribution in [0.4, 0.5) is 5.69 Å². The average Bonchev–Trinajstić information content (AvgIpc) is 2.52. The second-order valence-corrected chi connectivity index (χ2v) is 5.97. The van der Waals surface area contributed by atoms with Crippen LogP contribution in [0.1, 0.15) is 19.3 Å². The zero-order valence-electron chi connectivity index (χ0n) is 12.8. The van der Waals surface area contributed by atoms with Crippen LogP contribution in [0.25, 0.3) is 10.9 Å². The first kappa shape index (κ1) is 14.1. The number of likely N-dealkylation sites (N-methyl/N-ethyl adjacent to an activating group) is 1. The summed E-state index contributed by atoms with van der Waals surface area (Å²) in [5, 5.41) is 4.71. The van der Waals surface area contributed by atoms with E-state index in [9.17, 15) is 4.79 Å². The van der Waals surface area contributed by atoms with Crippen LogP contribution in [0.5, 0.6) is 0 Å². The molecule has 0 aliphatic carbocycles. The number of fused-ring (bicyclic) bond motifs is 1. The van der Waals surface area contributed by atoms with Crippen LogP contribution in [-0.2, 0) is 7.05 Å². The van der Waals surface area contributed by atoms with Crippen molar-refractivity contribution in [2.24, 2.45) is 7.05 Å². The van der Waals surface area contributed by atoms with Gasteiger partial charge in [-0.2, -0.15) is 0 Å². The Morgan fingerprint density at radius 3 is 2.90 bits per heavy atom. The second kappa shape index (κ2) is 5.90. The molecule has 2 aromatic rings. The first-order chi connectivity index (χ1) is 10.2. The molecule has 1 aliphatic rings. The van der Waals surface area contributed by atoms with Gasteiger partial charge in [0.15, 0.2) is 0 Å². The number of hydrogen-bond acceptors (Lipinski definition) is 3. The van der Waals surface area contributed by atoms with Crippen LogP contribution in [-0.4, -0.2) is 30.7 Å². The summed E-state index contributed by atoms with van der Waals surface area (Å²) in [5.74, 6) is 0. The monoisotopic (exact) mass is 285 g/mol. The van der Waals surface area contributed by atoms with Crippen LogP contribution in [0.15, 0.2) is 35.1 Å². The topological polar surface area (TPSA) is 37.3 Å². The second-order valence-electron chi connectivity index (χ2n) is 5.97. The van der Waals surface area contributed by atoms with Crippen molar-refractivity contribution in [3.05, 3.63) is 40.7 Å². The molecule has 1 fully saturated rings. The third-order valence-corrected chi connectivity index (χ3v) is 4.45. The van der Waals surface area contributed by atoms with E-state index in [-0.39, 0.29) is 5.56 Å². The van der Waals surface area contributed by atoms with Crippen molar-refractivity contribution in [2.75, 3.05) is 25.0 Å². The van der Waals surface area contributed by atoms with Gasteiger partial charge in [0.05, 0.1) is 11.2 Å². The predicted octanol–water partition coefficient (Wildman–Crippen LogP) is 2.12. The molecule has 21 heavy (non-hydrogen) atoms. The lowest BCUT2D eigenvalue weighted by Crippen LogP contribution is -2.42. The fourth-order valence-corrected chi connectivity index (χ4v) is 3.22. The summed E-state index contributed by atoms with van der Waals surface area (Å²) in [4.78, 5) is 14.4. The first-order valence-corrected chi connectivity index (χ1v) is 7.70. The van der Waals surface area contributed by atoms with Crippen molar-refractivity contribution >= 4 is 16.6 Å². The Balaban J connectivity index is 1.95. The zero-order valence-corrected chi connectivity index (χ0v) is 12.8. The number of nitrogens with one attached hydrogen (secondary N) is 1. The third kappa shape index (κ3) is 2.81. The Morgan fingerprint density at radius 2 is 2.14 bits per heavy atom. The number of aromatic nitrogens is 1. The van der Waals surface area contributed by atoms with E-state index in [1.54, 1.807) is 10.6 Å². The van der Waals surface area contributed by atoms with Crippen LogP contribution in [0.3, 0.4) is 0 Å². The summed E-state index contributed by atoms with van der Waals surface area (Å²) in [5.41, 5.74) is 2.07. The molecule has 1 atom stereocenters. The molecule has 1 saturated heterocycles. The van der Waals surface area contributed by atoms with Gasteiger partial charge >= 0.3 is 0 Å². The number of aryl methyl sites for hydroxylation is 1. The molecule has 0 saturated carbocycles. The van der Waals surface area contributed by atoms with Gasteiger partial charge in [-0.25, -0.2) is 0 Å². The fraction of sp³-hybridized carbons (Fsp3) is 0.471. The Bertz CT molecular complexity index is 686. The van der Waals surface area contributed by atoms with Gasteiger partial charge in [-0.3, -0.25) is 4.79 Å². The Hall–Kier alpha value is -1.81. The minimum absolute atomic E-state index is 0.0483. The Morgan fingerprint density at radius 1 is 1.33 bits per heavy atom. The maximum absolute atomic E-state index is 12.2. The molecule has 4 nitrogen and oxygen atoms in total. The van der Waals surface area contributed by atoms with E-state index in [0.717, 1.165) is 29.7 Å². The SMILES string of the molecule is CN(CC1CCCCN1)c1cc(=O)n(C)c2ccccc12. The number of anilines is 1. The van der Waals surface area contributed by atoms with Crippen molar-refractivity contribution in [1.29, 1.82) is 0 Å². The van der Waals surface area contributed by atoms with Gasteiger partial charge in [0.2, 0.25) is 0 Å². The highest BCUT2D eigenvalue weighted by Crippen LogP contribution is 2.24. The molecule has 0 bridgehead atoms. The molecule has 0 spiro atoms. The number of benzene rings is 1. The zero-order chi connectivity index (χ0) is 14.8. The molecule has 4 heteroatoms. The molecule has 1 unspecified atom stereocenters. The summed E-state index contributed by atoms with van der Waals surface area (Å²) < 4.78 is 1.71. The molecule has 0 radical (unpaired) electrons. The maximum Gasteiger partial charge on any atom is 0.252 e. The molecular formula is C17H23N3O. The molecular weight excluding hydrogens is 262 g/mol. The van der Waals surface area contributed by atoms with Crippen molar-refractivity contribution in [2.45, 2.75) is 25.3 Å². The van der Waals surface area contributed by atoms with Crippen molar-refractivity contribution in [3.8, 4) is 0 Å². The van der Waals surface area contributed by atoms with Gasteiger partial charge in [0.25, 0.3) is 5.56 Å². The Labute approximate surface area is 125 Å². The van der Waals surface area contributed by atoms with Crippen LogP contribution in [0, 0.1) is 0 Å². The van der Waals surface area contributed by atoms with Crippen LogP contribution < -0.4 is 15.8 Å². The van der Waals surface area contributed by atoms with Gasteiger partial charge < -0.3 is 14.8 Å². The maximum atomic E-state index is 12.2. The number of rotatable bonds is 3. The first-order valence-electron chi connectivity index (χ1n) is 7.70. The number of para-hydroxylation sites is 1. The molecule has 1 N–H and O–H groups in total. The minimum Gasteiger partial charge on any atom is -0.372 e. The number of piperidine rings is 1. The average molecular weight is 285 g/mol. The van der Waals surface area contributed by atoms with E-state index in [4.69, 9.17) is 0 Å². The van der Waals surface area contributed by atoms with E-state index in [1.807, 2.05) is 25.2 Å². The van der Waals surface area contributed by atoms with Gasteiger partial charge in [-0.15, -0.1) is 0 Å². The molecule has 1 aromatic heterocycles. The summed E-state index contributed by atoms with van der Waals surface area (Å²) in [6.07, 6.45) is 3.78. The lowest BCUT2D eigenvalue weighted by Gasteiger charge is -2.30. The summed E-state index contributed by atoms with van der Waals surface area (Å²) in [6.45, 7) is 2.05. The molecule has 1 aromatic carbocycles. The number of pyridine rings is 1. The van der Waals surface area contributed by atoms with Gasteiger partial charge in [0, 0.05) is 38.1 Å². The predicted molar refractivity (Wildman–Crippen MR) is 88.1 cm³/mol. The van der Waals surface area contributed by atoms with Crippen molar-refractivity contribution in [3.63, 3.8) is 0 Å². The summed E-state index contributed by atoms with van der Waals surface area (Å²) >= 11 is 0. The van der Waals surface area contributed by atoms with Crippen molar-refractivity contribution < 1.29 is 0 Å². The van der Waals surface area contributed by atoms with Gasteiger partial charge in [0.1, 0.15) is 0 Å². The fourth-order valence-electron chi connectivity index (χ4n) is 3.22. The van der Waals surface area contributed by atoms with E-state index in [0.29, 0.717) is 6.04 Å². The minimum atomic E-state index is 0.0483. The standard InChI is InChI=1S/C17H23N3O/c1-19(12-13-7-5-6-10-18-13)16-11-17(21)20(2)15-9-4-3-8-14(15)16/h3-4,8-9,11,13,18H,5-7,10,12H2,1-2H3. The normalized spacial score (nSPS) is 18.9. The quantitative estimate of drug-likeness (QED) is 0.938. The Kier molecular flexibility index (Phi) is 3.97. The molecule has 0 amide bonds. The van der Waals surface area contributed by atoms with E-state index in [1.165, 1.54) is 19.3 Å². The van der Waals surface area contributed by atoms with E-state index >= 15 is 0 Å². The number of hydrogen-bond donors (Lipinski definition) is 1. The third-order valence-electron chi connectivity index (χ3n) is 4.45. The van der Waals surface area contributed by atoms with E-state index in [2.05, 4.69) is 23.3 Å². The smallest absolute Gasteiger partial charge is 0.252 e. The highest BCUT2D eigenvalue weighted by molar-refractivity contribution is 5.91. The van der Waals surface area contributed by atoms with Gasteiger partial charge in [-0.1, -0.05) is 24.6 Å². The summed E-state index contributed by atoms with van der Waals surface area (Å²) in [7, 11) is 3.91.